The minimum atomic E-state index is -0.618. The summed E-state index contributed by atoms with van der Waals surface area (Å²) in [5.41, 5.74) is 2.76. The first kappa shape index (κ1) is 18.2. The van der Waals surface area contributed by atoms with Gasteiger partial charge in [0.1, 0.15) is 0 Å². The van der Waals surface area contributed by atoms with Gasteiger partial charge in [0.15, 0.2) is 0 Å². The molecule has 0 aliphatic heterocycles. The Hall–Kier alpha value is -3.15. The molecule has 0 atom stereocenters. The lowest BCUT2D eigenvalue weighted by Gasteiger charge is -2.13. The van der Waals surface area contributed by atoms with Gasteiger partial charge in [-0.25, -0.2) is 9.59 Å². The van der Waals surface area contributed by atoms with Crippen molar-refractivity contribution in [2.75, 3.05) is 19.5 Å². The minimum Gasteiger partial charge on any atom is -0.465 e. The number of ether oxygens (including phenoxy) is 2. The van der Waals surface area contributed by atoms with E-state index in [-0.39, 0.29) is 22.7 Å². The zero-order valence-electron chi connectivity index (χ0n) is 14.5. The van der Waals surface area contributed by atoms with Crippen LogP contribution in [0.25, 0.3) is 0 Å². The molecular formula is C19H19NO5. The standard InChI is InChI=1S/C19H19NO5/c1-11-5-6-12(2)15(9-11)17(21)20-16-10-13(18(22)24-3)7-8-14(16)19(23)25-4/h5-10H,1-4H3,(H,20,21). The summed E-state index contributed by atoms with van der Waals surface area (Å²) in [4.78, 5) is 36.3. The SMILES string of the molecule is COC(=O)c1ccc(C(=O)OC)c(NC(=O)c2cc(C)ccc2C)c1. The molecule has 25 heavy (non-hydrogen) atoms. The summed E-state index contributed by atoms with van der Waals surface area (Å²) in [6.07, 6.45) is 0. The molecule has 0 unspecified atom stereocenters. The summed E-state index contributed by atoms with van der Waals surface area (Å²) < 4.78 is 9.40. The van der Waals surface area contributed by atoms with Gasteiger partial charge in [-0.15, -0.1) is 0 Å². The molecule has 130 valence electrons. The van der Waals surface area contributed by atoms with Crippen LogP contribution in [-0.4, -0.2) is 32.1 Å². The summed E-state index contributed by atoms with van der Waals surface area (Å²) in [7, 11) is 2.50. The third-order valence-electron chi connectivity index (χ3n) is 3.73. The maximum atomic E-state index is 12.6. The Labute approximate surface area is 145 Å². The second kappa shape index (κ2) is 7.61. The van der Waals surface area contributed by atoms with Crippen LogP contribution >= 0.6 is 0 Å². The lowest BCUT2D eigenvalue weighted by Crippen LogP contribution is -2.17. The second-order valence-corrected chi connectivity index (χ2v) is 5.52. The van der Waals surface area contributed by atoms with Gasteiger partial charge < -0.3 is 14.8 Å². The highest BCUT2D eigenvalue weighted by atomic mass is 16.5. The van der Waals surface area contributed by atoms with Crippen molar-refractivity contribution in [2.24, 2.45) is 0 Å². The molecule has 2 aromatic carbocycles. The molecule has 1 N–H and O–H groups in total. The van der Waals surface area contributed by atoms with Crippen molar-refractivity contribution in [1.29, 1.82) is 0 Å². The fraction of sp³-hybridized carbons (Fsp3) is 0.211. The van der Waals surface area contributed by atoms with E-state index >= 15 is 0 Å². The second-order valence-electron chi connectivity index (χ2n) is 5.52. The van der Waals surface area contributed by atoms with Crippen molar-refractivity contribution in [3.8, 4) is 0 Å². The third-order valence-corrected chi connectivity index (χ3v) is 3.73. The molecule has 0 saturated carbocycles. The van der Waals surface area contributed by atoms with Gasteiger partial charge in [-0.3, -0.25) is 4.79 Å². The fourth-order valence-electron chi connectivity index (χ4n) is 2.35. The van der Waals surface area contributed by atoms with E-state index in [4.69, 9.17) is 4.74 Å². The molecule has 0 aliphatic carbocycles. The Balaban J connectivity index is 2.44. The average molecular weight is 341 g/mol. The number of anilines is 1. The third kappa shape index (κ3) is 4.03. The van der Waals surface area contributed by atoms with Crippen LogP contribution < -0.4 is 5.32 Å². The van der Waals surface area contributed by atoms with E-state index in [0.29, 0.717) is 5.56 Å². The maximum absolute atomic E-state index is 12.6. The van der Waals surface area contributed by atoms with E-state index in [1.807, 2.05) is 26.0 Å². The number of nitrogens with one attached hydrogen (secondary N) is 1. The Morgan fingerprint density at radius 1 is 0.840 bits per heavy atom. The number of carbonyl (C=O) groups is 3. The first-order chi connectivity index (χ1) is 11.9. The molecule has 0 aromatic heterocycles. The van der Waals surface area contributed by atoms with Crippen LogP contribution in [0.4, 0.5) is 5.69 Å². The molecular weight excluding hydrogens is 322 g/mol. The number of benzene rings is 2. The zero-order chi connectivity index (χ0) is 18.6. The van der Waals surface area contributed by atoms with Crippen molar-refractivity contribution < 1.29 is 23.9 Å². The molecule has 0 radical (unpaired) electrons. The normalized spacial score (nSPS) is 10.1. The van der Waals surface area contributed by atoms with Gasteiger partial charge in [0.25, 0.3) is 5.91 Å². The van der Waals surface area contributed by atoms with Gasteiger partial charge in [0.2, 0.25) is 0 Å². The Morgan fingerprint density at radius 3 is 2.16 bits per heavy atom. The smallest absolute Gasteiger partial charge is 0.339 e. The largest absolute Gasteiger partial charge is 0.465 e. The van der Waals surface area contributed by atoms with Gasteiger partial charge in [-0.2, -0.15) is 0 Å². The number of hydrogen-bond donors (Lipinski definition) is 1. The number of amides is 1. The Bertz CT molecular complexity index is 842. The van der Waals surface area contributed by atoms with E-state index < -0.39 is 11.9 Å². The van der Waals surface area contributed by atoms with Crippen molar-refractivity contribution >= 4 is 23.5 Å². The van der Waals surface area contributed by atoms with Crippen LogP contribution in [0.2, 0.25) is 0 Å². The molecule has 2 rings (SSSR count). The van der Waals surface area contributed by atoms with E-state index in [1.54, 1.807) is 6.07 Å². The highest BCUT2D eigenvalue weighted by molar-refractivity contribution is 6.09. The molecule has 1 amide bonds. The van der Waals surface area contributed by atoms with E-state index in [1.165, 1.54) is 32.4 Å². The Morgan fingerprint density at radius 2 is 1.52 bits per heavy atom. The molecule has 0 spiro atoms. The lowest BCUT2D eigenvalue weighted by atomic mass is 10.0. The Kier molecular flexibility index (Phi) is 5.54. The fourth-order valence-corrected chi connectivity index (χ4v) is 2.35. The molecule has 0 fully saturated rings. The number of rotatable bonds is 4. The predicted octanol–water partition coefficient (Wildman–Crippen LogP) is 3.13. The molecule has 6 nitrogen and oxygen atoms in total. The monoisotopic (exact) mass is 341 g/mol. The molecule has 0 saturated heterocycles. The van der Waals surface area contributed by atoms with Crippen LogP contribution in [0.1, 0.15) is 42.2 Å². The summed E-state index contributed by atoms with van der Waals surface area (Å²) in [5.74, 6) is -1.57. The number of carbonyl (C=O) groups excluding carboxylic acids is 3. The summed E-state index contributed by atoms with van der Waals surface area (Å²) in [6.45, 7) is 3.70. The van der Waals surface area contributed by atoms with Crippen molar-refractivity contribution in [1.82, 2.24) is 0 Å². The molecule has 0 aliphatic rings. The van der Waals surface area contributed by atoms with Crippen LogP contribution in [0.15, 0.2) is 36.4 Å². The number of aryl methyl sites for hydroxylation is 2. The van der Waals surface area contributed by atoms with Crippen LogP contribution in [0, 0.1) is 13.8 Å². The van der Waals surface area contributed by atoms with Gasteiger partial charge in [-0.1, -0.05) is 17.7 Å². The quantitative estimate of drug-likeness (QED) is 0.864. The summed E-state index contributed by atoms with van der Waals surface area (Å²) in [5, 5.41) is 2.68. The van der Waals surface area contributed by atoms with Gasteiger partial charge in [-0.05, 0) is 43.7 Å². The van der Waals surface area contributed by atoms with Crippen LogP contribution in [0.5, 0.6) is 0 Å². The molecule has 0 heterocycles. The minimum absolute atomic E-state index is 0.147. The number of methoxy groups -OCH3 is 2. The van der Waals surface area contributed by atoms with Crippen molar-refractivity contribution in [3.63, 3.8) is 0 Å². The van der Waals surface area contributed by atoms with Gasteiger partial charge >= 0.3 is 11.9 Å². The highest BCUT2D eigenvalue weighted by Crippen LogP contribution is 2.21. The lowest BCUT2D eigenvalue weighted by molar-refractivity contribution is 0.0587. The topological polar surface area (TPSA) is 81.7 Å². The summed E-state index contributed by atoms with van der Waals surface area (Å²) in [6, 6.07) is 9.75. The van der Waals surface area contributed by atoms with Gasteiger partial charge in [0, 0.05) is 5.56 Å². The maximum Gasteiger partial charge on any atom is 0.339 e. The summed E-state index contributed by atoms with van der Waals surface area (Å²) >= 11 is 0. The molecule has 2 aromatic rings. The zero-order valence-corrected chi connectivity index (χ0v) is 14.5. The number of hydrogen-bond acceptors (Lipinski definition) is 5. The average Bonchev–Trinajstić information content (AvgIpc) is 2.62. The number of esters is 2. The van der Waals surface area contributed by atoms with Crippen LogP contribution in [-0.2, 0) is 9.47 Å². The van der Waals surface area contributed by atoms with Gasteiger partial charge in [0.05, 0.1) is 31.0 Å². The van der Waals surface area contributed by atoms with E-state index in [0.717, 1.165) is 11.1 Å². The molecule has 0 bridgehead atoms. The molecule has 6 heteroatoms. The van der Waals surface area contributed by atoms with Crippen molar-refractivity contribution in [2.45, 2.75) is 13.8 Å². The van der Waals surface area contributed by atoms with Crippen LogP contribution in [0.3, 0.4) is 0 Å². The first-order valence-corrected chi connectivity index (χ1v) is 7.56. The van der Waals surface area contributed by atoms with E-state index in [2.05, 4.69) is 10.1 Å². The van der Waals surface area contributed by atoms with Crippen molar-refractivity contribution in [3.05, 3.63) is 64.2 Å². The predicted molar refractivity (Wildman–Crippen MR) is 93.0 cm³/mol. The van der Waals surface area contributed by atoms with E-state index in [9.17, 15) is 14.4 Å². The first-order valence-electron chi connectivity index (χ1n) is 7.56. The highest BCUT2D eigenvalue weighted by Gasteiger charge is 2.18.